The van der Waals surface area contributed by atoms with Crippen molar-refractivity contribution >= 4 is 35.6 Å². The van der Waals surface area contributed by atoms with Gasteiger partial charge in [-0.15, -0.1) is 37.1 Å². The topological polar surface area (TPSA) is 62.9 Å². The Morgan fingerprint density at radius 2 is 2.18 bits per heavy atom. The molecule has 1 aromatic carbocycles. The van der Waals surface area contributed by atoms with Crippen LogP contribution in [-0.2, 0) is 0 Å². The van der Waals surface area contributed by atoms with E-state index in [0.29, 0.717) is 18.2 Å². The summed E-state index contributed by atoms with van der Waals surface area (Å²) in [7, 11) is 1.59. The van der Waals surface area contributed by atoms with E-state index in [1.54, 1.807) is 19.2 Å². The summed E-state index contributed by atoms with van der Waals surface area (Å²) in [4.78, 5) is 5.80. The van der Waals surface area contributed by atoms with Crippen LogP contribution in [0.5, 0.6) is 5.75 Å². The van der Waals surface area contributed by atoms with E-state index in [9.17, 15) is 13.2 Å². The van der Waals surface area contributed by atoms with E-state index >= 15 is 0 Å². The number of halogens is 4. The van der Waals surface area contributed by atoms with Crippen LogP contribution in [0.15, 0.2) is 29.3 Å². The van der Waals surface area contributed by atoms with Crippen molar-refractivity contribution in [2.75, 3.05) is 25.0 Å². The highest BCUT2D eigenvalue weighted by Crippen LogP contribution is 2.28. The average molecular weight is 430 g/mol. The molecule has 22 heavy (non-hydrogen) atoms. The Kier molecular flexibility index (Phi) is 6.57. The molecule has 0 amide bonds. The van der Waals surface area contributed by atoms with Gasteiger partial charge in [0.05, 0.1) is 0 Å². The first kappa shape index (κ1) is 18.7. The van der Waals surface area contributed by atoms with Crippen molar-refractivity contribution < 1.29 is 17.9 Å². The van der Waals surface area contributed by atoms with Crippen molar-refractivity contribution in [3.8, 4) is 5.75 Å². The number of nitrogens with two attached hydrogens (primary N) is 1. The van der Waals surface area contributed by atoms with Gasteiger partial charge in [-0.3, -0.25) is 4.99 Å². The second-order valence-corrected chi connectivity index (χ2v) is 4.73. The minimum Gasteiger partial charge on any atom is -0.406 e. The van der Waals surface area contributed by atoms with Gasteiger partial charge in [0.15, 0.2) is 5.96 Å². The lowest BCUT2D eigenvalue weighted by molar-refractivity contribution is -0.274. The minimum atomic E-state index is -4.68. The van der Waals surface area contributed by atoms with Crippen LogP contribution in [0.1, 0.15) is 6.42 Å². The van der Waals surface area contributed by atoms with Crippen LogP contribution in [0, 0.1) is 0 Å². The van der Waals surface area contributed by atoms with E-state index in [-0.39, 0.29) is 35.8 Å². The van der Waals surface area contributed by atoms with Crippen molar-refractivity contribution in [2.24, 2.45) is 10.7 Å². The summed E-state index contributed by atoms with van der Waals surface area (Å²) in [5, 5.41) is 3.06. The smallest absolute Gasteiger partial charge is 0.406 e. The molecular weight excluding hydrogens is 412 g/mol. The van der Waals surface area contributed by atoms with Gasteiger partial charge in [0.25, 0.3) is 0 Å². The Morgan fingerprint density at radius 3 is 2.82 bits per heavy atom. The summed E-state index contributed by atoms with van der Waals surface area (Å²) < 4.78 is 40.6. The summed E-state index contributed by atoms with van der Waals surface area (Å²) in [6.07, 6.45) is -3.85. The molecule has 0 aromatic heterocycles. The molecule has 1 saturated heterocycles. The molecule has 1 fully saturated rings. The quantitative estimate of drug-likeness (QED) is 0.439. The van der Waals surface area contributed by atoms with Crippen LogP contribution < -0.4 is 20.7 Å². The lowest BCUT2D eigenvalue weighted by atomic mass is 10.2. The number of alkyl halides is 3. The number of hydrogen-bond donors (Lipinski definition) is 2. The summed E-state index contributed by atoms with van der Waals surface area (Å²) in [6.45, 7) is 1.37. The van der Waals surface area contributed by atoms with Gasteiger partial charge in [0, 0.05) is 37.9 Å². The molecule has 5 nitrogen and oxygen atoms in total. The fraction of sp³-hybridized carbons (Fsp3) is 0.462. The third kappa shape index (κ3) is 5.43. The van der Waals surface area contributed by atoms with Gasteiger partial charge in [-0.25, -0.2) is 0 Å². The first-order chi connectivity index (χ1) is 9.87. The number of benzene rings is 1. The molecule has 0 spiro atoms. The highest BCUT2D eigenvalue weighted by atomic mass is 127. The third-order valence-electron chi connectivity index (χ3n) is 3.20. The van der Waals surface area contributed by atoms with E-state index in [0.717, 1.165) is 13.0 Å². The second kappa shape index (κ2) is 7.75. The number of nitrogens with zero attached hydrogens (tertiary/aromatic N) is 2. The zero-order valence-corrected chi connectivity index (χ0v) is 14.3. The summed E-state index contributed by atoms with van der Waals surface area (Å²) >= 11 is 0. The predicted molar refractivity (Wildman–Crippen MR) is 89.8 cm³/mol. The molecule has 1 unspecified atom stereocenters. The van der Waals surface area contributed by atoms with Crippen molar-refractivity contribution in [3.05, 3.63) is 24.3 Å². The molecule has 1 atom stereocenters. The molecule has 0 saturated carbocycles. The van der Waals surface area contributed by atoms with Gasteiger partial charge in [-0.1, -0.05) is 6.07 Å². The van der Waals surface area contributed by atoms with Crippen LogP contribution in [0.4, 0.5) is 18.9 Å². The number of nitrogens with one attached hydrogen (secondary N) is 1. The molecular formula is C13H18F3IN4O. The third-order valence-corrected chi connectivity index (χ3v) is 3.20. The number of aliphatic imine (C=N–C) groups is 1. The Labute approximate surface area is 143 Å². The number of rotatable bonds is 3. The molecule has 1 aliphatic heterocycles. The van der Waals surface area contributed by atoms with Gasteiger partial charge in [-0.05, 0) is 18.6 Å². The van der Waals surface area contributed by atoms with Crippen LogP contribution in [0.25, 0.3) is 0 Å². The highest BCUT2D eigenvalue weighted by molar-refractivity contribution is 14.0. The second-order valence-electron chi connectivity index (χ2n) is 4.73. The Hall–Kier alpha value is -1.39. The van der Waals surface area contributed by atoms with Crippen LogP contribution in [0.2, 0.25) is 0 Å². The number of hydrogen-bond acceptors (Lipinski definition) is 3. The molecule has 3 N–H and O–H groups in total. The number of anilines is 1. The van der Waals surface area contributed by atoms with Crippen LogP contribution in [-0.4, -0.2) is 38.5 Å². The molecule has 2 rings (SSSR count). The van der Waals surface area contributed by atoms with Gasteiger partial charge in [-0.2, -0.15) is 0 Å². The van der Waals surface area contributed by atoms with Gasteiger partial charge >= 0.3 is 6.36 Å². The van der Waals surface area contributed by atoms with Crippen molar-refractivity contribution in [1.29, 1.82) is 0 Å². The van der Waals surface area contributed by atoms with Crippen LogP contribution >= 0.6 is 24.0 Å². The molecule has 1 aliphatic rings. The van der Waals surface area contributed by atoms with Crippen molar-refractivity contribution in [2.45, 2.75) is 18.8 Å². The molecule has 0 radical (unpaired) electrons. The van der Waals surface area contributed by atoms with Crippen molar-refractivity contribution in [1.82, 2.24) is 5.32 Å². The first-order valence-corrected chi connectivity index (χ1v) is 6.47. The average Bonchev–Trinajstić information content (AvgIpc) is 2.85. The summed E-state index contributed by atoms with van der Waals surface area (Å²) in [5.74, 6) is 0.141. The molecule has 1 aromatic rings. The molecule has 9 heteroatoms. The maximum absolute atomic E-state index is 12.2. The van der Waals surface area contributed by atoms with Gasteiger partial charge < -0.3 is 20.7 Å². The SMILES string of the molecule is CN=C(N)NC1CCN(c2cccc(OC(F)(F)F)c2)C1.I. The normalized spacial score (nSPS) is 18.8. The zero-order chi connectivity index (χ0) is 15.5. The highest BCUT2D eigenvalue weighted by Gasteiger charge is 2.31. The fourth-order valence-corrected chi connectivity index (χ4v) is 2.26. The van der Waals surface area contributed by atoms with E-state index in [4.69, 9.17) is 5.73 Å². The molecule has 1 heterocycles. The summed E-state index contributed by atoms with van der Waals surface area (Å²) in [6, 6.07) is 6.08. The van der Waals surface area contributed by atoms with Gasteiger partial charge in [0.2, 0.25) is 0 Å². The maximum Gasteiger partial charge on any atom is 0.573 e. The van der Waals surface area contributed by atoms with E-state index in [2.05, 4.69) is 15.0 Å². The lowest BCUT2D eigenvalue weighted by Gasteiger charge is -2.20. The Bertz CT molecular complexity index is 524. The number of ether oxygens (including phenoxy) is 1. The van der Waals surface area contributed by atoms with E-state index in [1.807, 2.05) is 4.90 Å². The largest absolute Gasteiger partial charge is 0.573 e. The molecule has 124 valence electrons. The van der Waals surface area contributed by atoms with Gasteiger partial charge in [0.1, 0.15) is 5.75 Å². The first-order valence-electron chi connectivity index (χ1n) is 6.47. The van der Waals surface area contributed by atoms with Crippen LogP contribution in [0.3, 0.4) is 0 Å². The lowest BCUT2D eigenvalue weighted by Crippen LogP contribution is -2.41. The minimum absolute atomic E-state index is 0. The van der Waals surface area contributed by atoms with E-state index < -0.39 is 6.36 Å². The molecule has 0 bridgehead atoms. The Morgan fingerprint density at radius 1 is 1.45 bits per heavy atom. The monoisotopic (exact) mass is 430 g/mol. The van der Waals surface area contributed by atoms with Crippen molar-refractivity contribution in [3.63, 3.8) is 0 Å². The molecule has 0 aliphatic carbocycles. The number of guanidine groups is 1. The van der Waals surface area contributed by atoms with E-state index in [1.165, 1.54) is 12.1 Å². The zero-order valence-electron chi connectivity index (χ0n) is 11.9. The standard InChI is InChI=1S/C13H17F3N4O.HI/c1-18-12(17)19-9-5-6-20(8-9)10-3-2-4-11(7-10)21-13(14,15)16;/h2-4,7,9H,5-6,8H2,1H3,(H3,17,18,19);1H. The fourth-order valence-electron chi connectivity index (χ4n) is 2.26. The summed E-state index contributed by atoms with van der Waals surface area (Å²) in [5.41, 5.74) is 6.29. The Balaban J connectivity index is 0.00000242. The maximum atomic E-state index is 12.2. The predicted octanol–water partition coefficient (Wildman–Crippen LogP) is 2.32.